The average molecular weight is 278 g/mol. The van der Waals surface area contributed by atoms with Gasteiger partial charge in [0.25, 0.3) is 0 Å². The smallest absolute Gasteiger partial charge is 0.237 e. The molecule has 0 aromatic heterocycles. The number of carbonyl (C=O) groups excluding carboxylic acids is 3. The van der Waals surface area contributed by atoms with E-state index in [-0.39, 0.29) is 24.3 Å². The van der Waals surface area contributed by atoms with Gasteiger partial charge in [0.2, 0.25) is 17.7 Å². The van der Waals surface area contributed by atoms with Crippen LogP contribution in [0, 0.1) is 5.92 Å². The van der Waals surface area contributed by atoms with Gasteiger partial charge >= 0.3 is 0 Å². The zero-order valence-electron chi connectivity index (χ0n) is 10.6. The van der Waals surface area contributed by atoms with Crippen LogP contribution in [0.4, 0.5) is 0 Å². The monoisotopic (exact) mass is 278 g/mol. The molecule has 7 heteroatoms. The third-order valence-corrected chi connectivity index (χ3v) is 3.19. The number of likely N-dealkylation sites (tertiary alicyclic amines) is 1. The minimum absolute atomic E-state index is 0.0214. The Morgan fingerprint density at radius 3 is 2.65 bits per heavy atom. The first-order valence-corrected chi connectivity index (χ1v) is 6.02. The minimum Gasteiger partial charge on any atom is -0.508 e. The van der Waals surface area contributed by atoms with Gasteiger partial charge in [0.1, 0.15) is 18.0 Å². The van der Waals surface area contributed by atoms with Gasteiger partial charge in [-0.1, -0.05) is 6.07 Å². The lowest BCUT2D eigenvalue weighted by molar-refractivity contribution is -0.142. The standard InChI is InChI=1S/C13H14N2O5/c14-11(18)6-15-12(19)4-8(13(15)20)3-7-1-2-9(16)5-10(7)17/h1-2,5,8,16-17H,3-4,6H2,(H2,14,18). The van der Waals surface area contributed by atoms with Crippen LogP contribution < -0.4 is 5.73 Å². The molecule has 0 bridgehead atoms. The molecule has 1 aromatic carbocycles. The van der Waals surface area contributed by atoms with Crippen molar-refractivity contribution in [3.05, 3.63) is 23.8 Å². The molecular formula is C13H14N2O5. The summed E-state index contributed by atoms with van der Waals surface area (Å²) in [6.45, 7) is -0.421. The molecule has 106 valence electrons. The zero-order chi connectivity index (χ0) is 14.9. The Balaban J connectivity index is 2.13. The number of carbonyl (C=O) groups is 3. The van der Waals surface area contributed by atoms with Gasteiger partial charge in [-0.2, -0.15) is 0 Å². The van der Waals surface area contributed by atoms with E-state index in [1.54, 1.807) is 0 Å². The summed E-state index contributed by atoms with van der Waals surface area (Å²) in [5, 5.41) is 18.9. The second-order valence-corrected chi connectivity index (χ2v) is 4.70. The summed E-state index contributed by atoms with van der Waals surface area (Å²) in [6.07, 6.45) is 0.137. The minimum atomic E-state index is -0.750. The number of aromatic hydroxyl groups is 2. The van der Waals surface area contributed by atoms with Crippen LogP contribution in [0.3, 0.4) is 0 Å². The Kier molecular flexibility index (Phi) is 3.60. The van der Waals surface area contributed by atoms with Gasteiger partial charge in [0, 0.05) is 12.5 Å². The maximum Gasteiger partial charge on any atom is 0.237 e. The van der Waals surface area contributed by atoms with E-state index >= 15 is 0 Å². The molecule has 0 saturated carbocycles. The number of primary amides is 1. The van der Waals surface area contributed by atoms with Gasteiger partial charge in [-0.05, 0) is 18.1 Å². The number of amides is 3. The molecule has 4 N–H and O–H groups in total. The van der Waals surface area contributed by atoms with Crippen molar-refractivity contribution in [3.8, 4) is 11.5 Å². The van der Waals surface area contributed by atoms with Crippen LogP contribution in [0.15, 0.2) is 18.2 Å². The van der Waals surface area contributed by atoms with E-state index in [4.69, 9.17) is 5.73 Å². The van der Waals surface area contributed by atoms with E-state index in [2.05, 4.69) is 0 Å². The fraction of sp³-hybridized carbons (Fsp3) is 0.308. The van der Waals surface area contributed by atoms with Gasteiger partial charge in [-0.15, -0.1) is 0 Å². The highest BCUT2D eigenvalue weighted by molar-refractivity contribution is 6.05. The number of nitrogens with two attached hydrogens (primary N) is 1. The molecule has 1 atom stereocenters. The summed E-state index contributed by atoms with van der Waals surface area (Å²) in [7, 11) is 0. The van der Waals surface area contributed by atoms with Gasteiger partial charge in [-0.25, -0.2) is 0 Å². The highest BCUT2D eigenvalue weighted by atomic mass is 16.3. The number of rotatable bonds is 4. The van der Waals surface area contributed by atoms with E-state index in [1.165, 1.54) is 12.1 Å². The summed E-state index contributed by atoms with van der Waals surface area (Å²) >= 11 is 0. The fourth-order valence-corrected chi connectivity index (χ4v) is 2.22. The third kappa shape index (κ3) is 2.71. The van der Waals surface area contributed by atoms with Crippen LogP contribution in [0.2, 0.25) is 0 Å². The van der Waals surface area contributed by atoms with E-state index in [0.29, 0.717) is 5.56 Å². The molecule has 1 saturated heterocycles. The molecule has 0 aliphatic carbocycles. The Labute approximate surface area is 114 Å². The predicted octanol–water partition coefficient (Wildman–Crippen LogP) is -0.499. The molecule has 3 amide bonds. The van der Waals surface area contributed by atoms with Crippen molar-refractivity contribution in [1.82, 2.24) is 4.90 Å². The van der Waals surface area contributed by atoms with Crippen LogP contribution in [0.1, 0.15) is 12.0 Å². The lowest BCUT2D eigenvalue weighted by Gasteiger charge is -2.13. The van der Waals surface area contributed by atoms with Crippen LogP contribution in [-0.2, 0) is 20.8 Å². The molecule has 0 radical (unpaired) electrons. The molecule has 2 rings (SSSR count). The summed E-state index contributed by atoms with van der Waals surface area (Å²) in [4.78, 5) is 35.3. The molecule has 20 heavy (non-hydrogen) atoms. The quantitative estimate of drug-likeness (QED) is 0.641. The summed E-state index contributed by atoms with van der Waals surface area (Å²) in [5.74, 6) is -2.52. The first-order chi connectivity index (χ1) is 9.38. The maximum atomic E-state index is 12.0. The second kappa shape index (κ2) is 5.20. The molecule has 1 unspecified atom stereocenters. The van der Waals surface area contributed by atoms with Crippen molar-refractivity contribution in [1.29, 1.82) is 0 Å². The SMILES string of the molecule is NC(=O)CN1C(=O)CC(Cc2ccc(O)cc2O)C1=O. The molecule has 7 nitrogen and oxygen atoms in total. The summed E-state index contributed by atoms with van der Waals surface area (Å²) < 4.78 is 0. The van der Waals surface area contributed by atoms with Crippen molar-refractivity contribution in [3.63, 3.8) is 0 Å². The van der Waals surface area contributed by atoms with Crippen LogP contribution in [0.25, 0.3) is 0 Å². The largest absolute Gasteiger partial charge is 0.508 e. The number of nitrogens with zero attached hydrogens (tertiary/aromatic N) is 1. The van der Waals surface area contributed by atoms with Crippen molar-refractivity contribution >= 4 is 17.7 Å². The van der Waals surface area contributed by atoms with Crippen LogP contribution >= 0.6 is 0 Å². The molecular weight excluding hydrogens is 264 g/mol. The Hall–Kier alpha value is -2.57. The number of benzene rings is 1. The van der Waals surface area contributed by atoms with Gasteiger partial charge in [0.05, 0.1) is 5.92 Å². The number of phenols is 2. The van der Waals surface area contributed by atoms with Crippen molar-refractivity contribution < 1.29 is 24.6 Å². The topological polar surface area (TPSA) is 121 Å². The van der Waals surface area contributed by atoms with Gasteiger partial charge in [-0.3, -0.25) is 19.3 Å². The highest BCUT2D eigenvalue weighted by Gasteiger charge is 2.39. The van der Waals surface area contributed by atoms with Crippen molar-refractivity contribution in [2.75, 3.05) is 6.54 Å². The molecule has 1 heterocycles. The van der Waals surface area contributed by atoms with Gasteiger partial charge < -0.3 is 15.9 Å². The van der Waals surface area contributed by atoms with Gasteiger partial charge in [0.15, 0.2) is 0 Å². The molecule has 0 spiro atoms. The van der Waals surface area contributed by atoms with E-state index < -0.39 is 30.2 Å². The fourth-order valence-electron chi connectivity index (χ4n) is 2.22. The summed E-state index contributed by atoms with van der Waals surface area (Å²) in [5.41, 5.74) is 5.44. The molecule has 1 aliphatic heterocycles. The lowest BCUT2D eigenvalue weighted by Crippen LogP contribution is -2.38. The Morgan fingerprint density at radius 1 is 1.35 bits per heavy atom. The third-order valence-electron chi connectivity index (χ3n) is 3.19. The van der Waals surface area contributed by atoms with Crippen LogP contribution in [-0.4, -0.2) is 39.4 Å². The molecule has 1 aromatic rings. The number of phenolic OH excluding ortho intramolecular Hbond substituents is 2. The van der Waals surface area contributed by atoms with E-state index in [9.17, 15) is 24.6 Å². The highest BCUT2D eigenvalue weighted by Crippen LogP contribution is 2.29. The first-order valence-electron chi connectivity index (χ1n) is 6.02. The van der Waals surface area contributed by atoms with Crippen molar-refractivity contribution in [2.24, 2.45) is 11.7 Å². The lowest BCUT2D eigenvalue weighted by atomic mass is 9.97. The van der Waals surface area contributed by atoms with Crippen LogP contribution in [0.5, 0.6) is 11.5 Å². The molecule has 1 fully saturated rings. The zero-order valence-corrected chi connectivity index (χ0v) is 10.6. The van der Waals surface area contributed by atoms with Crippen molar-refractivity contribution in [2.45, 2.75) is 12.8 Å². The average Bonchev–Trinajstić information content (AvgIpc) is 2.60. The second-order valence-electron chi connectivity index (χ2n) is 4.70. The van der Waals surface area contributed by atoms with E-state index in [1.807, 2.05) is 0 Å². The Bertz CT molecular complexity index is 584. The normalized spacial score (nSPS) is 18.6. The maximum absolute atomic E-state index is 12.0. The first kappa shape index (κ1) is 13.9. The Morgan fingerprint density at radius 2 is 2.05 bits per heavy atom. The number of hydrogen-bond donors (Lipinski definition) is 3. The van der Waals surface area contributed by atoms with E-state index in [0.717, 1.165) is 11.0 Å². The molecule has 1 aliphatic rings. The summed E-state index contributed by atoms with van der Waals surface area (Å²) in [6, 6.07) is 4.04. The number of imide groups is 1. The number of hydrogen-bond acceptors (Lipinski definition) is 5. The predicted molar refractivity (Wildman–Crippen MR) is 67.5 cm³/mol.